The Morgan fingerprint density at radius 1 is 1.36 bits per heavy atom. The number of nitrogens with one attached hydrogen (secondary N) is 1. The highest BCUT2D eigenvalue weighted by atomic mass is 127. The molecule has 0 saturated carbocycles. The van der Waals surface area contributed by atoms with Crippen molar-refractivity contribution < 1.29 is 4.74 Å². The van der Waals surface area contributed by atoms with Crippen LogP contribution in [-0.4, -0.2) is 59.0 Å². The number of hydrogen-bond acceptors (Lipinski definition) is 4. The van der Waals surface area contributed by atoms with Crippen molar-refractivity contribution in [2.45, 2.75) is 52.1 Å². The van der Waals surface area contributed by atoms with Crippen LogP contribution in [0.4, 0.5) is 0 Å². The van der Waals surface area contributed by atoms with Gasteiger partial charge in [-0.25, -0.2) is 4.99 Å². The van der Waals surface area contributed by atoms with Crippen LogP contribution in [0.5, 0.6) is 0 Å². The van der Waals surface area contributed by atoms with Crippen LogP contribution in [-0.2, 0) is 24.2 Å². The number of guanidine groups is 1. The van der Waals surface area contributed by atoms with Crippen molar-refractivity contribution >= 4 is 29.9 Å². The van der Waals surface area contributed by atoms with E-state index < -0.39 is 0 Å². The number of nitrogens with zero attached hydrogens (tertiary/aromatic N) is 5. The molecule has 0 aromatic carbocycles. The second-order valence-electron chi connectivity index (χ2n) is 6.72. The Bertz CT molecular complexity index is 555. The SMILES string of the molecule is CCNC(=NCc1nnc2n1CCC2)N(C)CCC1CCOCC1.I. The molecule has 25 heavy (non-hydrogen) atoms. The first-order valence-corrected chi connectivity index (χ1v) is 9.26. The molecule has 1 N–H and O–H groups in total. The largest absolute Gasteiger partial charge is 0.381 e. The highest BCUT2D eigenvalue weighted by molar-refractivity contribution is 14.0. The first-order chi connectivity index (χ1) is 11.8. The first-order valence-electron chi connectivity index (χ1n) is 9.26. The van der Waals surface area contributed by atoms with E-state index in [-0.39, 0.29) is 24.0 Å². The Morgan fingerprint density at radius 3 is 2.92 bits per heavy atom. The topological polar surface area (TPSA) is 67.6 Å². The normalized spacial score (nSPS) is 17.9. The van der Waals surface area contributed by atoms with E-state index in [9.17, 15) is 0 Å². The third-order valence-electron chi connectivity index (χ3n) is 4.97. The highest BCUT2D eigenvalue weighted by Gasteiger charge is 2.18. The molecule has 3 rings (SSSR count). The fourth-order valence-electron chi connectivity index (χ4n) is 3.46. The minimum Gasteiger partial charge on any atom is -0.381 e. The number of ether oxygens (including phenoxy) is 1. The molecule has 8 heteroatoms. The Kier molecular flexibility index (Phi) is 8.41. The van der Waals surface area contributed by atoms with Crippen LogP contribution < -0.4 is 5.32 Å². The summed E-state index contributed by atoms with van der Waals surface area (Å²) in [5, 5.41) is 11.9. The minimum atomic E-state index is 0. The van der Waals surface area contributed by atoms with E-state index in [2.05, 4.69) is 39.0 Å². The van der Waals surface area contributed by atoms with E-state index >= 15 is 0 Å². The number of rotatable bonds is 6. The van der Waals surface area contributed by atoms with Crippen LogP contribution in [0.25, 0.3) is 0 Å². The van der Waals surface area contributed by atoms with Crippen molar-refractivity contribution in [1.82, 2.24) is 25.0 Å². The molecule has 0 amide bonds. The van der Waals surface area contributed by atoms with Crippen molar-refractivity contribution in [3.05, 3.63) is 11.6 Å². The van der Waals surface area contributed by atoms with Crippen LogP contribution in [0.3, 0.4) is 0 Å². The third-order valence-corrected chi connectivity index (χ3v) is 4.97. The van der Waals surface area contributed by atoms with Crippen molar-refractivity contribution in [2.24, 2.45) is 10.9 Å². The van der Waals surface area contributed by atoms with Gasteiger partial charge in [-0.15, -0.1) is 34.2 Å². The van der Waals surface area contributed by atoms with Crippen molar-refractivity contribution in [3.63, 3.8) is 0 Å². The van der Waals surface area contributed by atoms with E-state index in [0.717, 1.165) is 62.8 Å². The van der Waals surface area contributed by atoms with Gasteiger partial charge in [-0.1, -0.05) is 0 Å². The smallest absolute Gasteiger partial charge is 0.194 e. The predicted octanol–water partition coefficient (Wildman–Crippen LogP) is 2.06. The Balaban J connectivity index is 0.00000225. The Morgan fingerprint density at radius 2 is 2.16 bits per heavy atom. The third kappa shape index (κ3) is 5.54. The molecule has 0 spiro atoms. The molecule has 0 aliphatic carbocycles. The van der Waals surface area contributed by atoms with Crippen LogP contribution in [0.1, 0.15) is 44.3 Å². The lowest BCUT2D eigenvalue weighted by Gasteiger charge is -2.26. The summed E-state index contributed by atoms with van der Waals surface area (Å²) in [4.78, 5) is 7.02. The van der Waals surface area contributed by atoms with Gasteiger partial charge in [-0.3, -0.25) is 0 Å². The van der Waals surface area contributed by atoms with Gasteiger partial charge >= 0.3 is 0 Å². The average molecular weight is 462 g/mol. The van der Waals surface area contributed by atoms with Gasteiger partial charge in [0.2, 0.25) is 0 Å². The van der Waals surface area contributed by atoms with Gasteiger partial charge < -0.3 is 19.5 Å². The maximum atomic E-state index is 5.44. The van der Waals surface area contributed by atoms with Crippen LogP contribution >= 0.6 is 24.0 Å². The fraction of sp³-hybridized carbons (Fsp3) is 0.824. The summed E-state index contributed by atoms with van der Waals surface area (Å²) in [5.41, 5.74) is 0. The molecule has 1 saturated heterocycles. The summed E-state index contributed by atoms with van der Waals surface area (Å²) < 4.78 is 7.66. The lowest BCUT2D eigenvalue weighted by Crippen LogP contribution is -2.40. The summed E-state index contributed by atoms with van der Waals surface area (Å²) in [6, 6.07) is 0. The number of aliphatic imine (C=N–C) groups is 1. The number of aromatic nitrogens is 3. The van der Waals surface area contributed by atoms with E-state index in [4.69, 9.17) is 9.73 Å². The molecule has 142 valence electrons. The zero-order valence-electron chi connectivity index (χ0n) is 15.4. The number of fused-ring (bicyclic) bond motifs is 1. The lowest BCUT2D eigenvalue weighted by atomic mass is 9.96. The van der Waals surface area contributed by atoms with Crippen molar-refractivity contribution in [1.29, 1.82) is 0 Å². The standard InChI is InChI=1S/C17H30N6O.HI/c1-3-18-17(22(2)10-6-14-7-11-24-12-8-14)19-13-16-21-20-15-5-4-9-23(15)16;/h14H,3-13H2,1-2H3,(H,18,19);1H. The van der Waals surface area contributed by atoms with Gasteiger partial charge in [0.05, 0.1) is 0 Å². The van der Waals surface area contributed by atoms with Crippen LogP contribution in [0.2, 0.25) is 0 Å². The zero-order chi connectivity index (χ0) is 16.8. The molecular weight excluding hydrogens is 431 g/mol. The van der Waals surface area contributed by atoms with Gasteiger partial charge in [0.25, 0.3) is 0 Å². The number of aryl methyl sites for hydroxylation is 1. The van der Waals surface area contributed by atoms with Crippen molar-refractivity contribution in [2.75, 3.05) is 33.4 Å². The monoisotopic (exact) mass is 462 g/mol. The molecule has 2 aliphatic heterocycles. The summed E-state index contributed by atoms with van der Waals surface area (Å²) in [5.74, 6) is 3.83. The summed E-state index contributed by atoms with van der Waals surface area (Å²) >= 11 is 0. The molecular formula is C17H31IN6O. The molecule has 0 atom stereocenters. The van der Waals surface area contributed by atoms with Crippen LogP contribution in [0, 0.1) is 5.92 Å². The second kappa shape index (κ2) is 10.3. The lowest BCUT2D eigenvalue weighted by molar-refractivity contribution is 0.0625. The number of hydrogen-bond donors (Lipinski definition) is 1. The predicted molar refractivity (Wildman–Crippen MR) is 109 cm³/mol. The molecule has 0 unspecified atom stereocenters. The van der Waals surface area contributed by atoms with E-state index in [0.29, 0.717) is 6.54 Å². The number of halogens is 1. The molecule has 1 aromatic rings. The highest BCUT2D eigenvalue weighted by Crippen LogP contribution is 2.18. The molecule has 1 aromatic heterocycles. The quantitative estimate of drug-likeness (QED) is 0.398. The molecule has 2 aliphatic rings. The second-order valence-corrected chi connectivity index (χ2v) is 6.72. The van der Waals surface area contributed by atoms with E-state index in [1.54, 1.807) is 0 Å². The summed E-state index contributed by atoms with van der Waals surface area (Å²) in [6.07, 6.45) is 5.79. The fourth-order valence-corrected chi connectivity index (χ4v) is 3.46. The van der Waals surface area contributed by atoms with Gasteiger partial charge in [-0.2, -0.15) is 0 Å². The average Bonchev–Trinajstić information content (AvgIpc) is 3.21. The Hall–Kier alpha value is -0.900. The van der Waals surface area contributed by atoms with Crippen molar-refractivity contribution in [3.8, 4) is 0 Å². The minimum absolute atomic E-state index is 0. The summed E-state index contributed by atoms with van der Waals surface area (Å²) in [7, 11) is 2.12. The molecule has 3 heterocycles. The maximum absolute atomic E-state index is 5.44. The van der Waals surface area contributed by atoms with E-state index in [1.165, 1.54) is 25.7 Å². The van der Waals surface area contributed by atoms with Gasteiger partial charge in [0.15, 0.2) is 11.8 Å². The van der Waals surface area contributed by atoms with Crippen LogP contribution in [0.15, 0.2) is 4.99 Å². The maximum Gasteiger partial charge on any atom is 0.194 e. The molecule has 0 bridgehead atoms. The Labute approximate surface area is 167 Å². The summed E-state index contributed by atoms with van der Waals surface area (Å²) in [6.45, 7) is 7.46. The van der Waals surface area contributed by atoms with Gasteiger partial charge in [0.1, 0.15) is 12.4 Å². The first kappa shape index (κ1) is 20.4. The van der Waals surface area contributed by atoms with Gasteiger partial charge in [-0.05, 0) is 38.5 Å². The zero-order valence-corrected chi connectivity index (χ0v) is 17.7. The van der Waals surface area contributed by atoms with E-state index in [1.807, 2.05) is 0 Å². The molecule has 1 fully saturated rings. The molecule has 0 radical (unpaired) electrons. The van der Waals surface area contributed by atoms with Gasteiger partial charge in [0, 0.05) is 46.3 Å². The molecule has 7 nitrogen and oxygen atoms in total.